The molecule has 0 spiro atoms. The van der Waals surface area contributed by atoms with Crippen molar-refractivity contribution in [2.75, 3.05) is 6.61 Å². The number of esters is 1. The third-order valence-corrected chi connectivity index (χ3v) is 5.50. The highest BCUT2D eigenvalue weighted by Gasteiger charge is 2.59. The predicted molar refractivity (Wildman–Crippen MR) is 89.6 cm³/mol. The summed E-state index contributed by atoms with van der Waals surface area (Å²) in [6.45, 7) is 5.88. The average molecular weight is 342 g/mol. The number of carbonyl (C=O) groups is 2. The van der Waals surface area contributed by atoms with E-state index in [1.807, 2.05) is 38.1 Å². The van der Waals surface area contributed by atoms with Gasteiger partial charge in [-0.3, -0.25) is 4.79 Å². The number of aliphatic hydroxyl groups is 1. The molecule has 3 aliphatic rings. The number of hydrogen-bond acceptors (Lipinski definition) is 5. The van der Waals surface area contributed by atoms with Gasteiger partial charge in [0.25, 0.3) is 0 Å². The molecule has 1 N–H and O–H groups in total. The van der Waals surface area contributed by atoms with Gasteiger partial charge in [0.05, 0.1) is 18.3 Å². The van der Waals surface area contributed by atoms with Crippen LogP contribution in [0, 0.1) is 5.92 Å². The van der Waals surface area contributed by atoms with E-state index >= 15 is 0 Å². The molecule has 0 saturated carbocycles. The molecule has 1 heterocycles. The van der Waals surface area contributed by atoms with Crippen molar-refractivity contribution in [2.24, 2.45) is 5.92 Å². The van der Waals surface area contributed by atoms with Gasteiger partial charge in [-0.1, -0.05) is 24.3 Å². The number of Topliss-reactive ketones (excluding diaryl/α,β-unsaturated/α-hetero) is 1. The van der Waals surface area contributed by atoms with E-state index in [-0.39, 0.29) is 36.4 Å². The summed E-state index contributed by atoms with van der Waals surface area (Å²) in [6, 6.07) is 7.50. The zero-order valence-electron chi connectivity index (χ0n) is 14.7. The molecule has 1 saturated heterocycles. The Hall–Kier alpha value is -1.98. The Labute approximate surface area is 146 Å². The minimum atomic E-state index is -1.44. The molecule has 2 aliphatic carbocycles. The molecule has 5 heteroatoms. The summed E-state index contributed by atoms with van der Waals surface area (Å²) in [5, 5.41) is 11.5. The fourth-order valence-electron chi connectivity index (χ4n) is 4.70. The molecule has 0 radical (unpaired) electrons. The number of ketones is 1. The lowest BCUT2D eigenvalue weighted by Crippen LogP contribution is -2.37. The van der Waals surface area contributed by atoms with Gasteiger partial charge in [0.1, 0.15) is 11.2 Å². The summed E-state index contributed by atoms with van der Waals surface area (Å²) >= 11 is 0. The Kier molecular flexibility index (Phi) is 3.47. The molecular weight excluding hydrogens is 320 g/mol. The van der Waals surface area contributed by atoms with E-state index in [0.717, 1.165) is 5.56 Å². The van der Waals surface area contributed by atoms with E-state index in [1.165, 1.54) is 0 Å². The fraction of sp³-hybridized carbons (Fsp3) is 0.500. The Bertz CT molecular complexity index is 806. The van der Waals surface area contributed by atoms with Crippen LogP contribution < -0.4 is 0 Å². The van der Waals surface area contributed by atoms with Crippen molar-refractivity contribution in [2.45, 2.75) is 50.9 Å². The van der Waals surface area contributed by atoms with Crippen LogP contribution in [-0.4, -0.2) is 29.1 Å². The first-order chi connectivity index (χ1) is 11.8. The maximum Gasteiger partial charge on any atom is 0.341 e. The summed E-state index contributed by atoms with van der Waals surface area (Å²) in [5.74, 6) is -1.20. The van der Waals surface area contributed by atoms with Crippen LogP contribution in [0.2, 0.25) is 0 Å². The molecule has 3 unspecified atom stereocenters. The fourth-order valence-corrected chi connectivity index (χ4v) is 4.70. The topological polar surface area (TPSA) is 72.8 Å². The van der Waals surface area contributed by atoms with Gasteiger partial charge in [0.15, 0.2) is 5.78 Å². The molecule has 132 valence electrons. The van der Waals surface area contributed by atoms with Crippen molar-refractivity contribution in [1.29, 1.82) is 0 Å². The summed E-state index contributed by atoms with van der Waals surface area (Å²) in [7, 11) is 0. The minimum Gasteiger partial charge on any atom is -0.462 e. The number of hydrogen-bond donors (Lipinski definition) is 1. The maximum atomic E-state index is 12.7. The van der Waals surface area contributed by atoms with Crippen LogP contribution in [-0.2, 0) is 24.7 Å². The molecule has 1 aromatic rings. The molecule has 1 aliphatic heterocycles. The highest BCUT2D eigenvalue weighted by atomic mass is 16.5. The Morgan fingerprint density at radius 3 is 2.80 bits per heavy atom. The van der Waals surface area contributed by atoms with Crippen LogP contribution in [0.4, 0.5) is 0 Å². The highest BCUT2D eigenvalue weighted by Crippen LogP contribution is 2.60. The molecule has 1 fully saturated rings. The normalized spacial score (nSPS) is 32.2. The summed E-state index contributed by atoms with van der Waals surface area (Å²) in [5.41, 5.74) is 0.242. The third kappa shape index (κ3) is 2.22. The van der Waals surface area contributed by atoms with Crippen molar-refractivity contribution in [3.63, 3.8) is 0 Å². The van der Waals surface area contributed by atoms with E-state index in [4.69, 9.17) is 9.47 Å². The van der Waals surface area contributed by atoms with Crippen molar-refractivity contribution < 1.29 is 24.2 Å². The maximum absolute atomic E-state index is 12.7. The third-order valence-electron chi connectivity index (χ3n) is 5.50. The summed E-state index contributed by atoms with van der Waals surface area (Å²) in [4.78, 5) is 25.1. The van der Waals surface area contributed by atoms with E-state index in [9.17, 15) is 14.7 Å². The van der Waals surface area contributed by atoms with Crippen LogP contribution >= 0.6 is 0 Å². The molecule has 3 atom stereocenters. The Morgan fingerprint density at radius 1 is 1.36 bits per heavy atom. The first-order valence-corrected chi connectivity index (χ1v) is 8.73. The van der Waals surface area contributed by atoms with Gasteiger partial charge in [0, 0.05) is 12.3 Å². The monoisotopic (exact) mass is 342 g/mol. The van der Waals surface area contributed by atoms with Crippen LogP contribution in [0.1, 0.15) is 50.8 Å². The number of rotatable bonds is 2. The van der Waals surface area contributed by atoms with Crippen molar-refractivity contribution in [3.8, 4) is 0 Å². The number of fused-ring (bicyclic) bond motifs is 6. The quantitative estimate of drug-likeness (QED) is 0.661. The average Bonchev–Trinajstić information content (AvgIpc) is 3.01. The summed E-state index contributed by atoms with van der Waals surface area (Å²) in [6.07, 6.45) is 0.258. The van der Waals surface area contributed by atoms with E-state index < -0.39 is 17.2 Å². The largest absolute Gasteiger partial charge is 0.462 e. The lowest BCUT2D eigenvalue weighted by molar-refractivity contribution is -0.139. The van der Waals surface area contributed by atoms with Gasteiger partial charge in [-0.15, -0.1) is 0 Å². The van der Waals surface area contributed by atoms with E-state index in [2.05, 4.69) is 0 Å². The van der Waals surface area contributed by atoms with Crippen molar-refractivity contribution in [3.05, 3.63) is 46.5 Å². The molecule has 0 bridgehead atoms. The molecule has 25 heavy (non-hydrogen) atoms. The van der Waals surface area contributed by atoms with Gasteiger partial charge in [-0.2, -0.15) is 0 Å². The molecule has 0 amide bonds. The number of carbonyl (C=O) groups excluding carboxylic acids is 2. The highest BCUT2D eigenvalue weighted by molar-refractivity contribution is 6.20. The zero-order valence-corrected chi connectivity index (χ0v) is 14.7. The van der Waals surface area contributed by atoms with Gasteiger partial charge >= 0.3 is 5.97 Å². The van der Waals surface area contributed by atoms with E-state index in [0.29, 0.717) is 17.6 Å². The number of ether oxygens (including phenoxy) is 2. The second-order valence-electron chi connectivity index (χ2n) is 7.67. The SMILES string of the molecule is CCOC(=O)C1=C2C3CC(C)(C)OC3c3ccccc3C2(O)CC1=O. The smallest absolute Gasteiger partial charge is 0.341 e. The number of benzene rings is 1. The zero-order chi connectivity index (χ0) is 18.0. The molecule has 1 aromatic carbocycles. The standard InChI is InChI=1S/C20H22O5/c1-4-24-18(22)15-14(21)10-20(23)13-8-6-5-7-11(13)17-12(16(15)20)9-19(2,3)25-17/h5-8,12,17,23H,4,9-10H2,1-3H3. The Morgan fingerprint density at radius 2 is 2.08 bits per heavy atom. The Balaban J connectivity index is 1.98. The summed E-state index contributed by atoms with van der Waals surface area (Å²) < 4.78 is 11.4. The second kappa shape index (κ2) is 5.26. The van der Waals surface area contributed by atoms with Gasteiger partial charge in [0.2, 0.25) is 0 Å². The van der Waals surface area contributed by atoms with Gasteiger partial charge in [-0.25, -0.2) is 4.79 Å². The minimum absolute atomic E-state index is 0.0233. The van der Waals surface area contributed by atoms with Crippen LogP contribution in [0.5, 0.6) is 0 Å². The predicted octanol–water partition coefficient (Wildman–Crippen LogP) is 2.58. The van der Waals surface area contributed by atoms with Gasteiger partial charge < -0.3 is 14.6 Å². The van der Waals surface area contributed by atoms with E-state index in [1.54, 1.807) is 6.92 Å². The van der Waals surface area contributed by atoms with Crippen LogP contribution in [0.25, 0.3) is 0 Å². The first kappa shape index (κ1) is 16.5. The molecular formula is C20H22O5. The van der Waals surface area contributed by atoms with Crippen molar-refractivity contribution in [1.82, 2.24) is 0 Å². The first-order valence-electron chi connectivity index (χ1n) is 8.73. The molecule has 5 nitrogen and oxygen atoms in total. The lowest BCUT2D eigenvalue weighted by Gasteiger charge is -2.39. The van der Waals surface area contributed by atoms with Crippen LogP contribution in [0.3, 0.4) is 0 Å². The van der Waals surface area contributed by atoms with Crippen molar-refractivity contribution >= 4 is 11.8 Å². The lowest BCUT2D eigenvalue weighted by atomic mass is 9.68. The van der Waals surface area contributed by atoms with Crippen LogP contribution in [0.15, 0.2) is 35.4 Å². The van der Waals surface area contributed by atoms with Gasteiger partial charge in [-0.05, 0) is 43.9 Å². The molecule has 0 aromatic heterocycles. The molecule has 4 rings (SSSR count). The second-order valence-corrected chi connectivity index (χ2v) is 7.67.